The molecule has 0 bridgehead atoms. The molecule has 1 aliphatic heterocycles. The van der Waals surface area contributed by atoms with Gasteiger partial charge in [-0.3, -0.25) is 14.5 Å². The molecule has 0 saturated heterocycles. The van der Waals surface area contributed by atoms with Gasteiger partial charge in [-0.2, -0.15) is 0 Å². The van der Waals surface area contributed by atoms with Crippen LogP contribution in [-0.4, -0.2) is 18.4 Å². The summed E-state index contributed by atoms with van der Waals surface area (Å²) in [6.45, 7) is 0.338. The minimum Gasteiger partial charge on any atom is -0.488 e. The van der Waals surface area contributed by atoms with Crippen molar-refractivity contribution < 1.29 is 14.3 Å². The van der Waals surface area contributed by atoms with E-state index in [-0.39, 0.29) is 18.4 Å². The molecule has 1 aliphatic rings. The number of hydrogen-bond donors (Lipinski definition) is 1. The number of para-hydroxylation sites is 3. The van der Waals surface area contributed by atoms with Gasteiger partial charge < -0.3 is 10.1 Å². The summed E-state index contributed by atoms with van der Waals surface area (Å²) in [6.07, 6.45) is 0. The molecule has 0 aliphatic carbocycles. The molecule has 134 valence electrons. The number of ether oxygens (including phenoxy) is 1. The van der Waals surface area contributed by atoms with Gasteiger partial charge in [-0.15, -0.1) is 0 Å². The average molecular weight is 358 g/mol. The highest BCUT2D eigenvalue weighted by Gasteiger charge is 2.28. The summed E-state index contributed by atoms with van der Waals surface area (Å²) >= 11 is 0. The molecular formula is C22H18N2O3. The van der Waals surface area contributed by atoms with E-state index in [1.54, 1.807) is 24.3 Å². The SMILES string of the molecule is O=C1CN(C(=O)c2ccccc2OCc2ccccc2)c2ccccc2N1. The van der Waals surface area contributed by atoms with Crippen LogP contribution in [0.5, 0.6) is 5.75 Å². The van der Waals surface area contributed by atoms with Crippen LogP contribution in [0, 0.1) is 0 Å². The zero-order valence-electron chi connectivity index (χ0n) is 14.6. The molecule has 0 spiro atoms. The quantitative estimate of drug-likeness (QED) is 0.770. The number of carbonyl (C=O) groups excluding carboxylic acids is 2. The number of benzene rings is 3. The number of rotatable bonds is 4. The molecule has 5 heteroatoms. The molecule has 0 atom stereocenters. The van der Waals surface area contributed by atoms with Gasteiger partial charge in [0.15, 0.2) is 0 Å². The fraction of sp³-hybridized carbons (Fsp3) is 0.0909. The predicted molar refractivity (Wildman–Crippen MR) is 104 cm³/mol. The topological polar surface area (TPSA) is 58.6 Å². The molecular weight excluding hydrogens is 340 g/mol. The van der Waals surface area contributed by atoms with Crippen molar-refractivity contribution in [3.05, 3.63) is 90.0 Å². The first kappa shape index (κ1) is 16.8. The third kappa shape index (κ3) is 3.53. The van der Waals surface area contributed by atoms with E-state index in [1.807, 2.05) is 54.6 Å². The largest absolute Gasteiger partial charge is 0.488 e. The Morgan fingerprint density at radius 3 is 2.48 bits per heavy atom. The van der Waals surface area contributed by atoms with E-state index in [0.29, 0.717) is 29.3 Å². The fourth-order valence-corrected chi connectivity index (χ4v) is 3.06. The summed E-state index contributed by atoms with van der Waals surface area (Å²) in [5.41, 5.74) is 2.75. The van der Waals surface area contributed by atoms with Gasteiger partial charge in [0.05, 0.1) is 16.9 Å². The molecule has 1 heterocycles. The molecule has 0 fully saturated rings. The minimum atomic E-state index is -0.263. The van der Waals surface area contributed by atoms with Crippen molar-refractivity contribution in [2.75, 3.05) is 16.8 Å². The van der Waals surface area contributed by atoms with Crippen LogP contribution < -0.4 is 15.0 Å². The van der Waals surface area contributed by atoms with Crippen molar-refractivity contribution in [2.45, 2.75) is 6.61 Å². The fourth-order valence-electron chi connectivity index (χ4n) is 3.06. The zero-order chi connectivity index (χ0) is 18.6. The van der Waals surface area contributed by atoms with Crippen LogP contribution in [0.15, 0.2) is 78.9 Å². The van der Waals surface area contributed by atoms with Gasteiger partial charge in [-0.05, 0) is 29.8 Å². The van der Waals surface area contributed by atoms with E-state index in [2.05, 4.69) is 5.32 Å². The van der Waals surface area contributed by atoms with Gasteiger partial charge in [-0.25, -0.2) is 0 Å². The van der Waals surface area contributed by atoms with Crippen molar-refractivity contribution in [1.82, 2.24) is 0 Å². The Bertz CT molecular complexity index is 986. The normalized spacial score (nSPS) is 12.9. The molecule has 0 unspecified atom stereocenters. The van der Waals surface area contributed by atoms with Crippen LogP contribution in [0.1, 0.15) is 15.9 Å². The lowest BCUT2D eigenvalue weighted by atomic mass is 10.1. The first-order chi connectivity index (χ1) is 13.2. The highest BCUT2D eigenvalue weighted by atomic mass is 16.5. The van der Waals surface area contributed by atoms with Gasteiger partial charge in [0, 0.05) is 0 Å². The smallest absolute Gasteiger partial charge is 0.262 e. The number of amides is 2. The number of hydrogen-bond acceptors (Lipinski definition) is 3. The van der Waals surface area contributed by atoms with Crippen LogP contribution in [0.2, 0.25) is 0 Å². The van der Waals surface area contributed by atoms with Crippen LogP contribution in [0.3, 0.4) is 0 Å². The van der Waals surface area contributed by atoms with Gasteiger partial charge in [-0.1, -0.05) is 54.6 Å². The first-order valence-electron chi connectivity index (χ1n) is 8.69. The molecule has 0 saturated carbocycles. The molecule has 4 rings (SSSR count). The monoisotopic (exact) mass is 358 g/mol. The second-order valence-electron chi connectivity index (χ2n) is 6.23. The molecule has 27 heavy (non-hydrogen) atoms. The molecule has 0 radical (unpaired) electrons. The van der Waals surface area contributed by atoms with E-state index < -0.39 is 0 Å². The summed E-state index contributed by atoms with van der Waals surface area (Å²) in [7, 11) is 0. The van der Waals surface area contributed by atoms with E-state index in [4.69, 9.17) is 4.74 Å². The third-order valence-electron chi connectivity index (χ3n) is 4.37. The molecule has 0 aromatic heterocycles. The summed E-state index contributed by atoms with van der Waals surface area (Å²) in [5.74, 6) is 0.0144. The lowest BCUT2D eigenvalue weighted by molar-refractivity contribution is -0.115. The number of fused-ring (bicyclic) bond motifs is 1. The maximum absolute atomic E-state index is 13.2. The average Bonchev–Trinajstić information content (AvgIpc) is 2.72. The van der Waals surface area contributed by atoms with Crippen LogP contribution in [0.4, 0.5) is 11.4 Å². The number of anilines is 2. The van der Waals surface area contributed by atoms with Crippen molar-refractivity contribution in [3.8, 4) is 5.75 Å². The molecule has 3 aromatic rings. The Kier molecular flexibility index (Phi) is 4.58. The van der Waals surface area contributed by atoms with Crippen molar-refractivity contribution >= 4 is 23.2 Å². The lowest BCUT2D eigenvalue weighted by Crippen LogP contribution is -2.42. The van der Waals surface area contributed by atoms with Crippen LogP contribution in [0.25, 0.3) is 0 Å². The lowest BCUT2D eigenvalue weighted by Gasteiger charge is -2.29. The Balaban J connectivity index is 1.62. The first-order valence-corrected chi connectivity index (χ1v) is 8.69. The molecule has 2 amide bonds. The van der Waals surface area contributed by atoms with Gasteiger partial charge >= 0.3 is 0 Å². The standard InChI is InChI=1S/C22H18N2O3/c25-21-14-24(19-12-6-5-11-18(19)23-21)22(26)17-10-4-7-13-20(17)27-15-16-8-2-1-3-9-16/h1-13H,14-15H2,(H,23,25). The summed E-state index contributed by atoms with van der Waals surface area (Å²) in [6, 6.07) is 24.1. The molecule has 3 aromatic carbocycles. The number of nitrogens with zero attached hydrogens (tertiary/aromatic N) is 1. The zero-order valence-corrected chi connectivity index (χ0v) is 14.6. The van der Waals surface area contributed by atoms with Crippen LogP contribution >= 0.6 is 0 Å². The molecule has 1 N–H and O–H groups in total. The third-order valence-corrected chi connectivity index (χ3v) is 4.37. The predicted octanol–water partition coefficient (Wildman–Crippen LogP) is 3.86. The minimum absolute atomic E-state index is 0.0249. The summed E-state index contributed by atoms with van der Waals surface area (Å²) in [4.78, 5) is 26.7. The number of nitrogens with one attached hydrogen (secondary N) is 1. The van der Waals surface area contributed by atoms with Gasteiger partial charge in [0.2, 0.25) is 5.91 Å². The van der Waals surface area contributed by atoms with E-state index >= 15 is 0 Å². The van der Waals surface area contributed by atoms with Gasteiger partial charge in [0.25, 0.3) is 5.91 Å². The van der Waals surface area contributed by atoms with E-state index in [9.17, 15) is 9.59 Å². The maximum atomic E-state index is 13.2. The van der Waals surface area contributed by atoms with Crippen molar-refractivity contribution in [3.63, 3.8) is 0 Å². The highest BCUT2D eigenvalue weighted by Crippen LogP contribution is 2.31. The maximum Gasteiger partial charge on any atom is 0.262 e. The van der Waals surface area contributed by atoms with E-state index in [0.717, 1.165) is 5.56 Å². The van der Waals surface area contributed by atoms with Crippen molar-refractivity contribution in [2.24, 2.45) is 0 Å². The molecule has 5 nitrogen and oxygen atoms in total. The summed E-state index contributed by atoms with van der Waals surface area (Å²) < 4.78 is 5.90. The second-order valence-corrected chi connectivity index (χ2v) is 6.23. The van der Waals surface area contributed by atoms with Crippen LogP contribution in [-0.2, 0) is 11.4 Å². The van der Waals surface area contributed by atoms with E-state index in [1.165, 1.54) is 4.90 Å². The highest BCUT2D eigenvalue weighted by molar-refractivity contribution is 6.16. The van der Waals surface area contributed by atoms with Gasteiger partial charge in [0.1, 0.15) is 18.9 Å². The number of carbonyl (C=O) groups is 2. The second kappa shape index (κ2) is 7.33. The Morgan fingerprint density at radius 1 is 0.926 bits per heavy atom. The summed E-state index contributed by atoms with van der Waals surface area (Å²) in [5, 5.41) is 2.79. The van der Waals surface area contributed by atoms with Crippen molar-refractivity contribution in [1.29, 1.82) is 0 Å². The Hall–Kier alpha value is -3.60. The Morgan fingerprint density at radius 2 is 1.63 bits per heavy atom. The Labute approximate surface area is 157 Å².